The smallest absolute Gasteiger partial charge is 0.258 e. The van der Waals surface area contributed by atoms with Gasteiger partial charge in [-0.3, -0.25) is 10.1 Å². The molecule has 1 aromatic rings. The van der Waals surface area contributed by atoms with E-state index in [9.17, 15) is 10.1 Å². The monoisotopic (exact) mass is 254 g/mol. The number of nitriles is 1. The molecule has 0 unspecified atom stereocenters. The predicted molar refractivity (Wildman–Crippen MR) is 54.9 cm³/mol. The van der Waals surface area contributed by atoms with Crippen LogP contribution in [0.25, 0.3) is 0 Å². The van der Waals surface area contributed by atoms with Crippen LogP contribution < -0.4 is 0 Å². The number of halogens is 1. The zero-order chi connectivity index (χ0) is 10.7. The summed E-state index contributed by atoms with van der Waals surface area (Å²) in [5.41, 5.74) is 1.29. The topological polar surface area (TPSA) is 66.9 Å². The van der Waals surface area contributed by atoms with E-state index in [0.717, 1.165) is 0 Å². The Morgan fingerprint density at radius 3 is 2.79 bits per heavy atom. The van der Waals surface area contributed by atoms with Gasteiger partial charge in [-0.15, -0.1) is 0 Å². The lowest BCUT2D eigenvalue weighted by Gasteiger charge is -2.03. The van der Waals surface area contributed by atoms with Crippen molar-refractivity contribution in [1.29, 1.82) is 5.26 Å². The molecule has 0 atom stereocenters. The highest BCUT2D eigenvalue weighted by Gasteiger charge is 2.14. The van der Waals surface area contributed by atoms with Gasteiger partial charge < -0.3 is 0 Å². The van der Waals surface area contributed by atoms with E-state index in [1.807, 2.05) is 6.07 Å². The standard InChI is InChI=1S/C9H7BrN2O2/c1-6-7(2-3-11)4-8(10)5-9(6)12(13)14/h4-5H,2H2,1H3. The maximum atomic E-state index is 10.6. The molecule has 4 nitrogen and oxygen atoms in total. The first-order valence-electron chi connectivity index (χ1n) is 3.86. The molecule has 0 aromatic heterocycles. The zero-order valence-corrected chi connectivity index (χ0v) is 9.04. The number of nitro benzene ring substituents is 1. The van der Waals surface area contributed by atoms with Crippen molar-refractivity contribution in [2.75, 3.05) is 0 Å². The summed E-state index contributed by atoms with van der Waals surface area (Å²) in [5.74, 6) is 0. The third kappa shape index (κ3) is 2.09. The molecule has 0 radical (unpaired) electrons. The van der Waals surface area contributed by atoms with E-state index >= 15 is 0 Å². The van der Waals surface area contributed by atoms with Gasteiger partial charge in [0, 0.05) is 16.1 Å². The van der Waals surface area contributed by atoms with E-state index in [1.165, 1.54) is 6.07 Å². The number of nitro groups is 1. The average molecular weight is 255 g/mol. The van der Waals surface area contributed by atoms with E-state index in [0.29, 0.717) is 15.6 Å². The quantitative estimate of drug-likeness (QED) is 0.602. The number of hydrogen-bond donors (Lipinski definition) is 0. The maximum absolute atomic E-state index is 10.6. The lowest BCUT2D eigenvalue weighted by molar-refractivity contribution is -0.385. The number of benzene rings is 1. The van der Waals surface area contributed by atoms with Gasteiger partial charge in [0.2, 0.25) is 0 Å². The van der Waals surface area contributed by atoms with Crippen LogP contribution in [0.3, 0.4) is 0 Å². The van der Waals surface area contributed by atoms with Crippen molar-refractivity contribution in [2.45, 2.75) is 13.3 Å². The molecule has 0 heterocycles. The SMILES string of the molecule is Cc1c(CC#N)cc(Br)cc1[N+](=O)[O-]. The molecule has 0 fully saturated rings. The van der Waals surface area contributed by atoms with Gasteiger partial charge in [-0.05, 0) is 18.6 Å². The summed E-state index contributed by atoms with van der Waals surface area (Å²) in [4.78, 5) is 10.2. The number of nitrogens with zero attached hydrogens (tertiary/aromatic N) is 2. The fourth-order valence-electron chi connectivity index (χ4n) is 1.18. The van der Waals surface area contributed by atoms with Crippen molar-refractivity contribution in [3.8, 4) is 6.07 Å². The molecule has 0 N–H and O–H groups in total. The molecule has 0 aliphatic carbocycles. The molecule has 1 aromatic carbocycles. The summed E-state index contributed by atoms with van der Waals surface area (Å²) in [6, 6.07) is 5.14. The van der Waals surface area contributed by atoms with Gasteiger partial charge in [-0.2, -0.15) is 5.26 Å². The van der Waals surface area contributed by atoms with Crippen molar-refractivity contribution >= 4 is 21.6 Å². The predicted octanol–water partition coefficient (Wildman–Crippen LogP) is 2.73. The largest absolute Gasteiger partial charge is 0.273 e. The fraction of sp³-hybridized carbons (Fsp3) is 0.222. The summed E-state index contributed by atoms with van der Waals surface area (Å²) in [7, 11) is 0. The molecule has 0 aliphatic rings. The first-order valence-corrected chi connectivity index (χ1v) is 4.66. The van der Waals surface area contributed by atoms with Crippen molar-refractivity contribution in [3.05, 3.63) is 37.8 Å². The van der Waals surface area contributed by atoms with Crippen LogP contribution in [0, 0.1) is 28.4 Å². The highest BCUT2D eigenvalue weighted by Crippen LogP contribution is 2.26. The van der Waals surface area contributed by atoms with Crippen LogP contribution in [-0.2, 0) is 6.42 Å². The van der Waals surface area contributed by atoms with Crippen molar-refractivity contribution in [3.63, 3.8) is 0 Å². The molecule has 0 spiro atoms. The minimum Gasteiger partial charge on any atom is -0.258 e. The third-order valence-electron chi connectivity index (χ3n) is 1.92. The highest BCUT2D eigenvalue weighted by molar-refractivity contribution is 9.10. The second kappa shape index (κ2) is 4.20. The van der Waals surface area contributed by atoms with Crippen LogP contribution in [0.1, 0.15) is 11.1 Å². The molecule has 14 heavy (non-hydrogen) atoms. The maximum Gasteiger partial charge on any atom is 0.273 e. The van der Waals surface area contributed by atoms with E-state index < -0.39 is 4.92 Å². The van der Waals surface area contributed by atoms with E-state index in [1.54, 1.807) is 13.0 Å². The summed E-state index contributed by atoms with van der Waals surface area (Å²) in [6.45, 7) is 1.65. The summed E-state index contributed by atoms with van der Waals surface area (Å²) in [5, 5.41) is 19.2. The van der Waals surface area contributed by atoms with Crippen LogP contribution in [-0.4, -0.2) is 4.92 Å². The molecule has 0 amide bonds. The molecule has 5 heteroatoms. The van der Waals surface area contributed by atoms with Gasteiger partial charge in [-0.25, -0.2) is 0 Å². The summed E-state index contributed by atoms with van der Waals surface area (Å²) in [6.07, 6.45) is 0.187. The molecule has 1 rings (SSSR count). The lowest BCUT2D eigenvalue weighted by Crippen LogP contribution is -1.96. The van der Waals surface area contributed by atoms with Crippen LogP contribution in [0.2, 0.25) is 0 Å². The van der Waals surface area contributed by atoms with Crippen molar-refractivity contribution in [1.82, 2.24) is 0 Å². The van der Waals surface area contributed by atoms with Crippen molar-refractivity contribution < 1.29 is 4.92 Å². The van der Waals surface area contributed by atoms with Gasteiger partial charge in [0.05, 0.1) is 17.4 Å². The van der Waals surface area contributed by atoms with Gasteiger partial charge in [-0.1, -0.05) is 15.9 Å². The molecular formula is C9H7BrN2O2. The number of rotatable bonds is 2. The van der Waals surface area contributed by atoms with Gasteiger partial charge in [0.1, 0.15) is 0 Å². The first kappa shape index (κ1) is 10.7. The first-order chi connectivity index (χ1) is 6.56. The lowest BCUT2D eigenvalue weighted by atomic mass is 10.0. The molecular weight excluding hydrogens is 248 g/mol. The molecule has 0 aliphatic heterocycles. The highest BCUT2D eigenvalue weighted by atomic mass is 79.9. The van der Waals surface area contributed by atoms with Crippen LogP contribution in [0.5, 0.6) is 0 Å². The molecule has 72 valence electrons. The zero-order valence-electron chi connectivity index (χ0n) is 7.45. The van der Waals surface area contributed by atoms with E-state index in [-0.39, 0.29) is 12.1 Å². The minimum absolute atomic E-state index is 0.0459. The second-order valence-electron chi connectivity index (χ2n) is 2.80. The third-order valence-corrected chi connectivity index (χ3v) is 2.38. The van der Waals surface area contributed by atoms with Crippen LogP contribution >= 0.6 is 15.9 Å². The van der Waals surface area contributed by atoms with Crippen LogP contribution in [0.15, 0.2) is 16.6 Å². The fourth-order valence-corrected chi connectivity index (χ4v) is 1.67. The Morgan fingerprint density at radius 2 is 2.29 bits per heavy atom. The van der Waals surface area contributed by atoms with Crippen molar-refractivity contribution in [2.24, 2.45) is 0 Å². The van der Waals surface area contributed by atoms with Gasteiger partial charge >= 0.3 is 0 Å². The Balaban J connectivity index is 3.33. The summed E-state index contributed by atoms with van der Waals surface area (Å²) < 4.78 is 0.625. The van der Waals surface area contributed by atoms with E-state index in [2.05, 4.69) is 15.9 Å². The summed E-state index contributed by atoms with van der Waals surface area (Å²) >= 11 is 3.17. The number of hydrogen-bond acceptors (Lipinski definition) is 3. The average Bonchev–Trinajstić information content (AvgIpc) is 2.10. The molecule has 0 bridgehead atoms. The minimum atomic E-state index is -0.443. The Hall–Kier alpha value is -1.41. The Kier molecular flexibility index (Phi) is 3.20. The Bertz CT molecular complexity index is 424. The molecule has 0 saturated carbocycles. The molecule has 0 saturated heterocycles. The van der Waals surface area contributed by atoms with Crippen LogP contribution in [0.4, 0.5) is 5.69 Å². The van der Waals surface area contributed by atoms with Gasteiger partial charge in [0.15, 0.2) is 0 Å². The Morgan fingerprint density at radius 1 is 1.64 bits per heavy atom. The normalized spacial score (nSPS) is 9.50. The van der Waals surface area contributed by atoms with Gasteiger partial charge in [0.25, 0.3) is 5.69 Å². The van der Waals surface area contributed by atoms with E-state index in [4.69, 9.17) is 5.26 Å². The second-order valence-corrected chi connectivity index (χ2v) is 3.72. The Labute approximate surface area is 89.4 Å².